The van der Waals surface area contributed by atoms with Crippen LogP contribution in [-0.4, -0.2) is 42.5 Å². The van der Waals surface area contributed by atoms with Crippen molar-refractivity contribution < 1.29 is 0 Å². The van der Waals surface area contributed by atoms with Crippen LogP contribution in [0.2, 0.25) is 0 Å². The number of nitrogens with zero attached hydrogens (tertiary/aromatic N) is 2. The Morgan fingerprint density at radius 3 is 2.20 bits per heavy atom. The van der Waals surface area contributed by atoms with Crippen molar-refractivity contribution in [1.82, 2.24) is 9.80 Å². The lowest BCUT2D eigenvalue weighted by Crippen LogP contribution is -2.38. The molecule has 0 radical (unpaired) electrons. The molecule has 2 nitrogen and oxygen atoms in total. The van der Waals surface area contributed by atoms with Gasteiger partial charge in [-0.2, -0.15) is 11.3 Å². The van der Waals surface area contributed by atoms with E-state index >= 15 is 0 Å². The van der Waals surface area contributed by atoms with Gasteiger partial charge in [-0.15, -0.1) is 0 Å². The Morgan fingerprint density at radius 1 is 0.767 bits per heavy atom. The zero-order valence-corrected chi connectivity index (χ0v) is 18.5. The average Bonchev–Trinajstić information content (AvgIpc) is 3.46. The van der Waals surface area contributed by atoms with Crippen LogP contribution in [0.15, 0.2) is 77.5 Å². The second-order valence-electron chi connectivity index (χ2n) is 9.09. The lowest BCUT2D eigenvalue weighted by Gasteiger charge is -2.34. The van der Waals surface area contributed by atoms with Gasteiger partial charge in [-0.3, -0.25) is 4.90 Å². The van der Waals surface area contributed by atoms with Gasteiger partial charge in [-0.25, -0.2) is 0 Å². The summed E-state index contributed by atoms with van der Waals surface area (Å²) in [5.41, 5.74) is 4.52. The van der Waals surface area contributed by atoms with Gasteiger partial charge in [0.1, 0.15) is 0 Å². The molecule has 0 amide bonds. The molecule has 1 aromatic heterocycles. The summed E-state index contributed by atoms with van der Waals surface area (Å²) in [5.74, 6) is 2.15. The summed E-state index contributed by atoms with van der Waals surface area (Å²) in [6.07, 6.45) is 2.60. The monoisotopic (exact) mass is 416 g/mol. The van der Waals surface area contributed by atoms with E-state index in [1.54, 1.807) is 5.56 Å². The van der Waals surface area contributed by atoms with Crippen molar-refractivity contribution in [2.24, 2.45) is 5.92 Å². The van der Waals surface area contributed by atoms with Gasteiger partial charge in [0.05, 0.1) is 0 Å². The molecule has 156 valence electrons. The van der Waals surface area contributed by atoms with E-state index in [2.05, 4.69) is 87.3 Å². The number of hydrogen-bond donors (Lipinski definition) is 0. The topological polar surface area (TPSA) is 6.48 Å². The molecular weight excluding hydrogens is 384 g/mol. The van der Waals surface area contributed by atoms with E-state index in [9.17, 15) is 0 Å². The molecule has 2 aliphatic rings. The maximum Gasteiger partial charge on any atom is 0.0234 e. The van der Waals surface area contributed by atoms with Crippen molar-refractivity contribution in [2.75, 3.05) is 32.7 Å². The van der Waals surface area contributed by atoms with E-state index in [0.29, 0.717) is 5.92 Å². The maximum atomic E-state index is 2.75. The second kappa shape index (κ2) is 9.47. The largest absolute Gasteiger partial charge is 0.303 e. The normalized spacial score (nSPS) is 23.7. The fourth-order valence-electron chi connectivity index (χ4n) is 5.49. The molecule has 2 aromatic carbocycles. The summed E-state index contributed by atoms with van der Waals surface area (Å²) >= 11 is 1.85. The molecule has 0 aliphatic carbocycles. The van der Waals surface area contributed by atoms with Crippen molar-refractivity contribution in [3.63, 3.8) is 0 Å². The fraction of sp³-hybridized carbons (Fsp3) is 0.407. The predicted octanol–water partition coefficient (Wildman–Crippen LogP) is 5.84. The SMILES string of the molecule is c1ccc(CN2C[C@H](CN3CCC(c4ccccc4)CC3)[C@@H](c3ccsc3)C2)cc1. The van der Waals surface area contributed by atoms with E-state index in [-0.39, 0.29) is 0 Å². The van der Waals surface area contributed by atoms with Crippen LogP contribution in [0.5, 0.6) is 0 Å². The van der Waals surface area contributed by atoms with Crippen LogP contribution in [0.3, 0.4) is 0 Å². The quantitative estimate of drug-likeness (QED) is 0.498. The molecule has 0 saturated carbocycles. The van der Waals surface area contributed by atoms with Gasteiger partial charge in [0.15, 0.2) is 0 Å². The summed E-state index contributed by atoms with van der Waals surface area (Å²) < 4.78 is 0. The molecule has 3 heteroatoms. The minimum Gasteiger partial charge on any atom is -0.303 e. The van der Waals surface area contributed by atoms with Gasteiger partial charge in [0.2, 0.25) is 0 Å². The van der Waals surface area contributed by atoms with Gasteiger partial charge in [-0.05, 0) is 71.3 Å². The van der Waals surface area contributed by atoms with Crippen LogP contribution in [0.4, 0.5) is 0 Å². The van der Waals surface area contributed by atoms with Gasteiger partial charge < -0.3 is 4.90 Å². The van der Waals surface area contributed by atoms with Crippen molar-refractivity contribution >= 4 is 11.3 Å². The number of benzene rings is 2. The average molecular weight is 417 g/mol. The molecule has 0 spiro atoms. The van der Waals surface area contributed by atoms with Gasteiger partial charge >= 0.3 is 0 Å². The predicted molar refractivity (Wildman–Crippen MR) is 127 cm³/mol. The number of piperidine rings is 1. The standard InChI is InChI=1S/C27H32N2S/c1-3-7-22(8-4-1)17-29-19-26(27(20-29)25-13-16-30-21-25)18-28-14-11-24(12-15-28)23-9-5-2-6-10-23/h1-10,13,16,21,24,26-27H,11-12,14-15,17-20H2/t26-,27+/m0/s1. The number of likely N-dealkylation sites (tertiary alicyclic amines) is 2. The highest BCUT2D eigenvalue weighted by Crippen LogP contribution is 2.36. The first kappa shape index (κ1) is 20.0. The smallest absolute Gasteiger partial charge is 0.0234 e. The highest BCUT2D eigenvalue weighted by molar-refractivity contribution is 7.08. The third kappa shape index (κ3) is 4.69. The van der Waals surface area contributed by atoms with E-state index in [1.807, 2.05) is 11.3 Å². The Kier molecular flexibility index (Phi) is 6.31. The molecule has 0 bridgehead atoms. The maximum absolute atomic E-state index is 2.75. The molecule has 2 aliphatic heterocycles. The number of rotatable bonds is 6. The molecule has 2 saturated heterocycles. The Hall–Kier alpha value is -1.94. The highest BCUT2D eigenvalue weighted by atomic mass is 32.1. The van der Waals surface area contributed by atoms with Crippen molar-refractivity contribution in [3.05, 3.63) is 94.2 Å². The third-order valence-corrected chi connectivity index (χ3v) is 7.79. The summed E-state index contributed by atoms with van der Waals surface area (Å²) in [4.78, 5) is 5.43. The Morgan fingerprint density at radius 2 is 1.50 bits per heavy atom. The molecule has 0 N–H and O–H groups in total. The molecule has 3 aromatic rings. The Bertz CT molecular complexity index is 885. The molecular formula is C27H32N2S. The molecule has 0 unspecified atom stereocenters. The molecule has 5 rings (SSSR count). The third-order valence-electron chi connectivity index (χ3n) is 7.09. The van der Waals surface area contributed by atoms with Gasteiger partial charge in [0.25, 0.3) is 0 Å². The van der Waals surface area contributed by atoms with Crippen molar-refractivity contribution in [3.8, 4) is 0 Å². The van der Waals surface area contributed by atoms with Crippen molar-refractivity contribution in [1.29, 1.82) is 0 Å². The Labute approximate surface area is 185 Å². The van der Waals surface area contributed by atoms with Crippen LogP contribution in [0.1, 0.15) is 41.4 Å². The van der Waals surface area contributed by atoms with Crippen LogP contribution >= 0.6 is 11.3 Å². The second-order valence-corrected chi connectivity index (χ2v) is 9.87. The first-order chi connectivity index (χ1) is 14.8. The van der Waals surface area contributed by atoms with Crippen molar-refractivity contribution in [2.45, 2.75) is 31.2 Å². The summed E-state index contributed by atoms with van der Waals surface area (Å²) in [6.45, 7) is 7.21. The van der Waals surface area contributed by atoms with Gasteiger partial charge in [0, 0.05) is 32.1 Å². The summed E-state index contributed by atoms with van der Waals surface area (Å²) in [7, 11) is 0. The van der Waals surface area contributed by atoms with E-state index in [1.165, 1.54) is 56.7 Å². The summed E-state index contributed by atoms with van der Waals surface area (Å²) in [6, 6.07) is 24.5. The number of hydrogen-bond acceptors (Lipinski definition) is 3. The van der Waals surface area contributed by atoms with E-state index in [4.69, 9.17) is 0 Å². The molecule has 3 heterocycles. The van der Waals surface area contributed by atoms with Crippen LogP contribution < -0.4 is 0 Å². The molecule has 2 atom stereocenters. The zero-order chi connectivity index (χ0) is 20.2. The minimum atomic E-state index is 0.673. The van der Waals surface area contributed by atoms with E-state index in [0.717, 1.165) is 18.4 Å². The first-order valence-corrected chi connectivity index (χ1v) is 12.3. The zero-order valence-electron chi connectivity index (χ0n) is 17.7. The first-order valence-electron chi connectivity index (χ1n) is 11.4. The highest BCUT2D eigenvalue weighted by Gasteiger charge is 2.35. The number of thiophene rings is 1. The lowest BCUT2D eigenvalue weighted by molar-refractivity contribution is 0.177. The van der Waals surface area contributed by atoms with E-state index < -0.39 is 0 Å². The van der Waals surface area contributed by atoms with Crippen LogP contribution in [0.25, 0.3) is 0 Å². The molecule has 2 fully saturated rings. The molecule has 30 heavy (non-hydrogen) atoms. The van der Waals surface area contributed by atoms with Crippen LogP contribution in [-0.2, 0) is 6.54 Å². The van der Waals surface area contributed by atoms with Gasteiger partial charge in [-0.1, -0.05) is 60.7 Å². The van der Waals surface area contributed by atoms with Crippen LogP contribution in [0, 0.1) is 5.92 Å². The summed E-state index contributed by atoms with van der Waals surface area (Å²) in [5, 5.41) is 4.63. The fourth-order valence-corrected chi connectivity index (χ4v) is 6.21. The minimum absolute atomic E-state index is 0.673. The lowest BCUT2D eigenvalue weighted by atomic mass is 9.87. The Balaban J connectivity index is 1.22.